The first-order chi connectivity index (χ1) is 12.4. The number of ether oxygens (including phenoxy) is 2. The Balaban J connectivity index is 1.86. The van der Waals surface area contributed by atoms with E-state index in [-0.39, 0.29) is 12.4 Å². The molecule has 1 heterocycles. The van der Waals surface area contributed by atoms with Crippen LogP contribution in [-0.2, 0) is 11.0 Å². The molecule has 132 valence electrons. The summed E-state index contributed by atoms with van der Waals surface area (Å²) >= 11 is 0. The second-order valence-electron chi connectivity index (χ2n) is 5.28. The number of rotatable bonds is 3. The third-order valence-corrected chi connectivity index (χ3v) is 3.56. The predicted octanol–water partition coefficient (Wildman–Crippen LogP) is 3.98. The molecule has 3 rings (SSSR count). The van der Waals surface area contributed by atoms with Gasteiger partial charge in [0.15, 0.2) is 11.5 Å². The fourth-order valence-corrected chi connectivity index (χ4v) is 2.36. The minimum absolute atomic E-state index is 0.0598. The van der Waals surface area contributed by atoms with Crippen LogP contribution in [0.25, 0.3) is 6.08 Å². The summed E-state index contributed by atoms with van der Waals surface area (Å²) in [5.41, 5.74) is -1.33. The molecule has 0 bridgehead atoms. The molecule has 0 unspecified atom stereocenters. The first-order valence-corrected chi connectivity index (χ1v) is 7.37. The molecule has 0 radical (unpaired) electrons. The summed E-state index contributed by atoms with van der Waals surface area (Å²) in [4.78, 5) is 12.3. The number of nitrogens with zero attached hydrogens (tertiary/aromatic N) is 1. The molecule has 0 aliphatic carbocycles. The lowest BCUT2D eigenvalue weighted by atomic mass is 10.0. The molecule has 2 aromatic carbocycles. The van der Waals surface area contributed by atoms with Crippen molar-refractivity contribution >= 4 is 17.7 Å². The van der Waals surface area contributed by atoms with E-state index < -0.39 is 23.2 Å². The number of alkyl halides is 3. The van der Waals surface area contributed by atoms with E-state index in [1.54, 1.807) is 12.1 Å². The second kappa shape index (κ2) is 6.80. The number of fused-ring (bicyclic) bond motifs is 1. The highest BCUT2D eigenvalue weighted by molar-refractivity contribution is 6.09. The Labute approximate surface area is 146 Å². The van der Waals surface area contributed by atoms with E-state index in [0.717, 1.165) is 12.1 Å². The number of hydrogen-bond donors (Lipinski definition) is 1. The average molecular weight is 360 g/mol. The first-order valence-electron chi connectivity index (χ1n) is 7.37. The van der Waals surface area contributed by atoms with Crippen LogP contribution >= 0.6 is 0 Å². The van der Waals surface area contributed by atoms with Crippen molar-refractivity contribution in [2.75, 3.05) is 12.1 Å². The lowest BCUT2D eigenvalue weighted by Gasteiger charge is -2.10. The molecule has 8 heteroatoms. The number of carbonyl (C=O) groups is 1. The zero-order valence-electron chi connectivity index (χ0n) is 13.1. The largest absolute Gasteiger partial charge is 0.454 e. The summed E-state index contributed by atoms with van der Waals surface area (Å²) in [7, 11) is 0. The van der Waals surface area contributed by atoms with E-state index in [1.165, 1.54) is 30.3 Å². The molecule has 0 aromatic heterocycles. The minimum atomic E-state index is -4.60. The number of benzene rings is 2. The maximum atomic E-state index is 13.0. The van der Waals surface area contributed by atoms with Crippen molar-refractivity contribution in [3.8, 4) is 17.6 Å². The van der Waals surface area contributed by atoms with E-state index in [9.17, 15) is 23.2 Å². The zero-order chi connectivity index (χ0) is 18.7. The van der Waals surface area contributed by atoms with E-state index in [1.807, 2.05) is 0 Å². The van der Waals surface area contributed by atoms with Crippen LogP contribution < -0.4 is 14.8 Å². The summed E-state index contributed by atoms with van der Waals surface area (Å²) in [6.45, 7) is 0.0598. The standard InChI is InChI=1S/C18H11F3N2O3/c19-18(20,21)14-4-2-1-3-11(14)7-12(9-22)17(24)23-13-5-6-15-16(8-13)26-10-25-15/h1-8H,10H2,(H,23,24)/b12-7+. The van der Waals surface area contributed by atoms with Crippen LogP contribution in [0.15, 0.2) is 48.0 Å². The van der Waals surface area contributed by atoms with Crippen molar-refractivity contribution in [3.63, 3.8) is 0 Å². The second-order valence-corrected chi connectivity index (χ2v) is 5.28. The van der Waals surface area contributed by atoms with Gasteiger partial charge in [-0.15, -0.1) is 0 Å². The van der Waals surface area contributed by atoms with Gasteiger partial charge in [-0.3, -0.25) is 4.79 Å². The summed E-state index contributed by atoms with van der Waals surface area (Å²) in [6, 6.07) is 10.9. The molecule has 26 heavy (non-hydrogen) atoms. The SMILES string of the molecule is N#C/C(=C\c1ccccc1C(F)(F)F)C(=O)Nc1ccc2c(c1)OCO2. The summed E-state index contributed by atoms with van der Waals surface area (Å²) < 4.78 is 49.4. The van der Waals surface area contributed by atoms with Crippen LogP contribution in [0.2, 0.25) is 0 Å². The fraction of sp³-hybridized carbons (Fsp3) is 0.111. The van der Waals surface area contributed by atoms with Gasteiger partial charge < -0.3 is 14.8 Å². The number of hydrogen-bond acceptors (Lipinski definition) is 4. The molecule has 0 spiro atoms. The van der Waals surface area contributed by atoms with Crippen LogP contribution in [0.4, 0.5) is 18.9 Å². The predicted molar refractivity (Wildman–Crippen MR) is 86.2 cm³/mol. The number of nitrogens with one attached hydrogen (secondary N) is 1. The summed E-state index contributed by atoms with van der Waals surface area (Å²) in [5, 5.41) is 11.6. The maximum absolute atomic E-state index is 13.0. The molecule has 2 aromatic rings. The van der Waals surface area contributed by atoms with Gasteiger partial charge in [-0.1, -0.05) is 18.2 Å². The smallest absolute Gasteiger partial charge is 0.416 e. The van der Waals surface area contributed by atoms with E-state index in [0.29, 0.717) is 17.2 Å². The van der Waals surface area contributed by atoms with Crippen molar-refractivity contribution < 1.29 is 27.4 Å². The number of carbonyl (C=O) groups excluding carboxylic acids is 1. The van der Waals surface area contributed by atoms with Crippen molar-refractivity contribution in [1.82, 2.24) is 0 Å². The lowest BCUT2D eigenvalue weighted by molar-refractivity contribution is -0.137. The van der Waals surface area contributed by atoms with Gasteiger partial charge in [-0.25, -0.2) is 0 Å². The highest BCUT2D eigenvalue weighted by Gasteiger charge is 2.32. The van der Waals surface area contributed by atoms with Crippen molar-refractivity contribution in [2.45, 2.75) is 6.18 Å². The van der Waals surface area contributed by atoms with Gasteiger partial charge in [0.1, 0.15) is 11.6 Å². The van der Waals surface area contributed by atoms with Crippen LogP contribution in [0.1, 0.15) is 11.1 Å². The van der Waals surface area contributed by atoms with Gasteiger partial charge in [0.25, 0.3) is 5.91 Å². The van der Waals surface area contributed by atoms with Gasteiger partial charge in [0.05, 0.1) is 5.56 Å². The Morgan fingerprint density at radius 3 is 2.62 bits per heavy atom. The summed E-state index contributed by atoms with van der Waals surface area (Å²) in [5.74, 6) is 0.106. The normalized spacial score (nSPS) is 13.2. The van der Waals surface area contributed by atoms with Gasteiger partial charge in [-0.05, 0) is 29.8 Å². The molecule has 0 atom stereocenters. The molecule has 0 fully saturated rings. The van der Waals surface area contributed by atoms with E-state index in [4.69, 9.17) is 9.47 Å². The van der Waals surface area contributed by atoms with Crippen molar-refractivity contribution in [3.05, 3.63) is 59.2 Å². The Morgan fingerprint density at radius 2 is 1.88 bits per heavy atom. The van der Waals surface area contributed by atoms with E-state index >= 15 is 0 Å². The maximum Gasteiger partial charge on any atom is 0.416 e. The molecule has 0 saturated heterocycles. The molecule has 1 aliphatic rings. The quantitative estimate of drug-likeness (QED) is 0.664. The third-order valence-electron chi connectivity index (χ3n) is 3.56. The number of amides is 1. The van der Waals surface area contributed by atoms with Gasteiger partial charge in [0.2, 0.25) is 6.79 Å². The Bertz CT molecular complexity index is 930. The van der Waals surface area contributed by atoms with Gasteiger partial charge in [-0.2, -0.15) is 18.4 Å². The van der Waals surface area contributed by atoms with Crippen molar-refractivity contribution in [1.29, 1.82) is 5.26 Å². The Kier molecular flexibility index (Phi) is 4.54. The molecule has 1 aliphatic heterocycles. The number of anilines is 1. The topological polar surface area (TPSA) is 71.4 Å². The third kappa shape index (κ3) is 3.62. The molecule has 0 saturated carbocycles. The van der Waals surface area contributed by atoms with Crippen LogP contribution in [0, 0.1) is 11.3 Å². The Hall–Kier alpha value is -3.47. The highest BCUT2D eigenvalue weighted by atomic mass is 19.4. The molecule has 1 N–H and O–H groups in total. The lowest BCUT2D eigenvalue weighted by Crippen LogP contribution is -2.14. The van der Waals surface area contributed by atoms with Gasteiger partial charge in [0, 0.05) is 11.8 Å². The zero-order valence-corrected chi connectivity index (χ0v) is 13.1. The number of nitriles is 1. The minimum Gasteiger partial charge on any atom is -0.454 e. The molecular weight excluding hydrogens is 349 g/mol. The number of halogens is 3. The van der Waals surface area contributed by atoms with Crippen molar-refractivity contribution in [2.24, 2.45) is 0 Å². The van der Waals surface area contributed by atoms with Crippen LogP contribution in [-0.4, -0.2) is 12.7 Å². The fourth-order valence-electron chi connectivity index (χ4n) is 2.36. The average Bonchev–Trinajstić information content (AvgIpc) is 3.06. The molecule has 5 nitrogen and oxygen atoms in total. The van der Waals surface area contributed by atoms with Gasteiger partial charge >= 0.3 is 6.18 Å². The highest BCUT2D eigenvalue weighted by Crippen LogP contribution is 2.35. The Morgan fingerprint density at radius 1 is 1.15 bits per heavy atom. The summed E-state index contributed by atoms with van der Waals surface area (Å²) in [6.07, 6.45) is -3.69. The molecular formula is C18H11F3N2O3. The molecule has 1 amide bonds. The first kappa shape index (κ1) is 17.4. The van der Waals surface area contributed by atoms with E-state index in [2.05, 4.69) is 5.32 Å². The van der Waals surface area contributed by atoms with Crippen LogP contribution in [0.3, 0.4) is 0 Å². The van der Waals surface area contributed by atoms with Crippen LogP contribution in [0.5, 0.6) is 11.5 Å². The monoisotopic (exact) mass is 360 g/mol.